The summed E-state index contributed by atoms with van der Waals surface area (Å²) >= 11 is 0. The van der Waals surface area contributed by atoms with E-state index in [1.54, 1.807) is 24.3 Å². The van der Waals surface area contributed by atoms with Gasteiger partial charge in [-0.1, -0.05) is 23.8 Å². The summed E-state index contributed by atoms with van der Waals surface area (Å²) in [5, 5.41) is 7.72. The van der Waals surface area contributed by atoms with Gasteiger partial charge >= 0.3 is 6.18 Å². The number of halogens is 3. The third-order valence-corrected chi connectivity index (χ3v) is 5.04. The fourth-order valence-corrected chi connectivity index (χ4v) is 3.43. The van der Waals surface area contributed by atoms with Crippen molar-refractivity contribution in [1.29, 1.82) is 0 Å². The van der Waals surface area contributed by atoms with Gasteiger partial charge < -0.3 is 16.0 Å². The van der Waals surface area contributed by atoms with E-state index in [1.807, 2.05) is 6.92 Å². The Hall–Kier alpha value is -4.15. The normalized spacial score (nSPS) is 15.4. The van der Waals surface area contributed by atoms with Crippen LogP contribution < -0.4 is 21.5 Å². The van der Waals surface area contributed by atoms with E-state index < -0.39 is 35.0 Å². The molecule has 0 fully saturated rings. The van der Waals surface area contributed by atoms with Crippen LogP contribution in [0.3, 0.4) is 0 Å². The molecule has 0 saturated carbocycles. The molecule has 33 heavy (non-hydrogen) atoms. The fourth-order valence-electron chi connectivity index (χ4n) is 3.43. The maximum absolute atomic E-state index is 12.9. The summed E-state index contributed by atoms with van der Waals surface area (Å²) in [5.74, 6) is -2.48. The van der Waals surface area contributed by atoms with Gasteiger partial charge in [-0.05, 0) is 37.3 Å². The Labute approximate surface area is 185 Å². The average Bonchev–Trinajstić information content (AvgIpc) is 2.74. The second kappa shape index (κ2) is 8.41. The highest BCUT2D eigenvalue weighted by Crippen LogP contribution is 2.32. The Morgan fingerprint density at radius 3 is 2.52 bits per heavy atom. The van der Waals surface area contributed by atoms with E-state index in [9.17, 15) is 27.6 Å². The molecule has 4 rings (SSSR count). The highest BCUT2D eigenvalue weighted by atomic mass is 19.4. The van der Waals surface area contributed by atoms with Gasteiger partial charge in [0.2, 0.25) is 17.8 Å². The van der Waals surface area contributed by atoms with Gasteiger partial charge in [-0.2, -0.15) is 18.2 Å². The molecule has 1 atom stereocenters. The summed E-state index contributed by atoms with van der Waals surface area (Å²) in [6.45, 7) is 1.89. The summed E-state index contributed by atoms with van der Waals surface area (Å²) in [5.41, 5.74) is -0.0767. The van der Waals surface area contributed by atoms with Gasteiger partial charge in [-0.15, -0.1) is 0 Å². The number of carbonyl (C=O) groups is 2. The third-order valence-electron chi connectivity index (χ3n) is 5.04. The number of nitrogens with one attached hydrogen (secondary N) is 4. The molecular formula is C22H18F3N5O3. The number of anilines is 4. The van der Waals surface area contributed by atoms with Crippen LogP contribution in [0.5, 0.6) is 0 Å². The van der Waals surface area contributed by atoms with Crippen LogP contribution >= 0.6 is 0 Å². The van der Waals surface area contributed by atoms with E-state index in [0.29, 0.717) is 5.69 Å². The minimum Gasteiger partial charge on any atom is -0.326 e. The molecule has 0 aliphatic carbocycles. The molecule has 0 saturated heterocycles. The molecule has 170 valence electrons. The van der Waals surface area contributed by atoms with Crippen LogP contribution in [0.2, 0.25) is 0 Å². The SMILES string of the molecule is Cc1ccc(NC(=O)C2CC(=O)Nc3nc(Nc4cccc(C(F)(F)F)c4)[nH]c(=O)c32)cc1. The molecule has 2 aromatic carbocycles. The molecule has 0 radical (unpaired) electrons. The number of hydrogen-bond acceptors (Lipinski definition) is 5. The molecule has 1 aromatic heterocycles. The van der Waals surface area contributed by atoms with Gasteiger partial charge in [0.1, 0.15) is 5.82 Å². The first-order valence-electron chi connectivity index (χ1n) is 9.86. The van der Waals surface area contributed by atoms with E-state index >= 15 is 0 Å². The third kappa shape index (κ3) is 4.86. The van der Waals surface area contributed by atoms with Crippen LogP contribution in [-0.2, 0) is 15.8 Å². The summed E-state index contributed by atoms with van der Waals surface area (Å²) < 4.78 is 38.8. The minimum absolute atomic E-state index is 0.0312. The second-order valence-electron chi connectivity index (χ2n) is 7.54. The second-order valence-corrected chi connectivity index (χ2v) is 7.54. The molecule has 2 heterocycles. The predicted molar refractivity (Wildman–Crippen MR) is 115 cm³/mol. The quantitative estimate of drug-likeness (QED) is 0.474. The number of fused-ring (bicyclic) bond motifs is 1. The predicted octanol–water partition coefficient (Wildman–Crippen LogP) is 3.91. The molecule has 1 aliphatic heterocycles. The first-order valence-corrected chi connectivity index (χ1v) is 9.86. The zero-order valence-electron chi connectivity index (χ0n) is 17.2. The van der Waals surface area contributed by atoms with Gasteiger partial charge in [-0.25, -0.2) is 0 Å². The van der Waals surface area contributed by atoms with Crippen molar-refractivity contribution in [3.8, 4) is 0 Å². The number of nitrogens with zero attached hydrogens (tertiary/aromatic N) is 1. The van der Waals surface area contributed by atoms with Crippen LogP contribution in [0.1, 0.15) is 29.0 Å². The Kier molecular flexibility index (Phi) is 5.62. The lowest BCUT2D eigenvalue weighted by atomic mass is 9.92. The Balaban J connectivity index is 1.62. The number of aromatic nitrogens is 2. The summed E-state index contributed by atoms with van der Waals surface area (Å²) in [4.78, 5) is 44.3. The standard InChI is InChI=1S/C22H18F3N5O3/c1-11-5-7-13(8-6-11)26-19(32)15-10-16(31)28-18-17(15)20(33)30-21(29-18)27-14-4-2-3-12(9-14)22(23,24)25/h2-9,15H,10H2,1H3,(H,26,32)(H3,27,28,29,30,31,33). The van der Waals surface area contributed by atoms with Crippen molar-refractivity contribution in [2.45, 2.75) is 25.4 Å². The fraction of sp³-hybridized carbons (Fsp3) is 0.182. The molecule has 8 nitrogen and oxygen atoms in total. The van der Waals surface area contributed by atoms with Gasteiger partial charge in [-0.3, -0.25) is 19.4 Å². The first-order chi connectivity index (χ1) is 15.6. The highest BCUT2D eigenvalue weighted by molar-refractivity contribution is 6.04. The number of amides is 2. The van der Waals surface area contributed by atoms with Crippen molar-refractivity contribution < 1.29 is 22.8 Å². The Bertz CT molecular complexity index is 1290. The molecule has 0 bridgehead atoms. The van der Waals surface area contributed by atoms with E-state index in [4.69, 9.17) is 0 Å². The maximum atomic E-state index is 12.9. The summed E-state index contributed by atoms with van der Waals surface area (Å²) in [6, 6.07) is 11.3. The van der Waals surface area contributed by atoms with E-state index in [-0.39, 0.29) is 29.4 Å². The minimum atomic E-state index is -4.54. The number of aryl methyl sites for hydroxylation is 1. The van der Waals surface area contributed by atoms with Gasteiger partial charge in [0, 0.05) is 17.8 Å². The molecule has 0 spiro atoms. The topological polar surface area (TPSA) is 116 Å². The van der Waals surface area contributed by atoms with Crippen molar-refractivity contribution in [1.82, 2.24) is 9.97 Å². The van der Waals surface area contributed by atoms with Crippen LogP contribution in [0.15, 0.2) is 53.3 Å². The average molecular weight is 457 g/mol. The van der Waals surface area contributed by atoms with Crippen molar-refractivity contribution in [2.75, 3.05) is 16.0 Å². The molecule has 1 aliphatic rings. The van der Waals surface area contributed by atoms with E-state index in [1.165, 1.54) is 12.1 Å². The van der Waals surface area contributed by atoms with Gasteiger partial charge in [0.05, 0.1) is 17.0 Å². The van der Waals surface area contributed by atoms with Crippen LogP contribution in [-0.4, -0.2) is 21.8 Å². The molecule has 2 amide bonds. The number of hydrogen-bond donors (Lipinski definition) is 4. The van der Waals surface area contributed by atoms with Crippen molar-refractivity contribution >= 4 is 35.0 Å². The Morgan fingerprint density at radius 2 is 1.82 bits per heavy atom. The summed E-state index contributed by atoms with van der Waals surface area (Å²) in [7, 11) is 0. The smallest absolute Gasteiger partial charge is 0.326 e. The molecular weight excluding hydrogens is 439 g/mol. The zero-order valence-corrected chi connectivity index (χ0v) is 17.2. The van der Waals surface area contributed by atoms with E-state index in [2.05, 4.69) is 25.9 Å². The van der Waals surface area contributed by atoms with Crippen molar-refractivity contribution in [2.24, 2.45) is 0 Å². The van der Waals surface area contributed by atoms with Gasteiger partial charge in [0.15, 0.2) is 0 Å². The molecule has 4 N–H and O–H groups in total. The van der Waals surface area contributed by atoms with Gasteiger partial charge in [0.25, 0.3) is 5.56 Å². The number of aromatic amines is 1. The monoisotopic (exact) mass is 457 g/mol. The number of alkyl halides is 3. The lowest BCUT2D eigenvalue weighted by Gasteiger charge is -2.23. The summed E-state index contributed by atoms with van der Waals surface area (Å²) in [6.07, 6.45) is -4.80. The maximum Gasteiger partial charge on any atom is 0.416 e. The number of benzene rings is 2. The van der Waals surface area contributed by atoms with Crippen molar-refractivity contribution in [3.05, 3.63) is 75.6 Å². The number of H-pyrrole nitrogens is 1. The van der Waals surface area contributed by atoms with Crippen LogP contribution in [0.25, 0.3) is 0 Å². The van der Waals surface area contributed by atoms with E-state index in [0.717, 1.165) is 17.7 Å². The Morgan fingerprint density at radius 1 is 1.09 bits per heavy atom. The highest BCUT2D eigenvalue weighted by Gasteiger charge is 2.35. The van der Waals surface area contributed by atoms with Crippen LogP contribution in [0, 0.1) is 6.92 Å². The zero-order chi connectivity index (χ0) is 23.8. The van der Waals surface area contributed by atoms with Crippen molar-refractivity contribution in [3.63, 3.8) is 0 Å². The lowest BCUT2D eigenvalue weighted by Crippen LogP contribution is -2.36. The largest absolute Gasteiger partial charge is 0.416 e. The molecule has 3 aromatic rings. The first kappa shape index (κ1) is 22.1. The van der Waals surface area contributed by atoms with Crippen LogP contribution in [0.4, 0.5) is 36.3 Å². The number of carbonyl (C=O) groups excluding carboxylic acids is 2. The lowest BCUT2D eigenvalue weighted by molar-refractivity contribution is -0.137. The number of rotatable bonds is 4. The molecule has 11 heteroatoms. The molecule has 1 unspecified atom stereocenters.